The Labute approximate surface area is 154 Å². The Morgan fingerprint density at radius 3 is 2.50 bits per heavy atom. The maximum absolute atomic E-state index is 12.9. The molecule has 5 nitrogen and oxygen atoms in total. The number of benzene rings is 1. The van der Waals surface area contributed by atoms with Crippen LogP contribution in [0.4, 0.5) is 5.69 Å². The first-order valence-corrected chi connectivity index (χ1v) is 9.30. The van der Waals surface area contributed by atoms with Crippen molar-refractivity contribution in [2.24, 2.45) is 5.92 Å². The summed E-state index contributed by atoms with van der Waals surface area (Å²) in [4.78, 5) is 21.7. The molecule has 5 heteroatoms. The standard InChI is InChI=1S/C21H25N3O2/c1-15-11-19(12-16(2)22-15)23-7-9-24(10-8-23)21(25)18-13-17-5-3-4-6-20(17)26-14-18/h3-6,11-12,18H,7-10,13-14H2,1-2H3/t18-/m0/s1. The van der Waals surface area contributed by atoms with Gasteiger partial charge in [-0.25, -0.2) is 0 Å². The molecule has 1 aromatic carbocycles. The Morgan fingerprint density at radius 2 is 1.77 bits per heavy atom. The summed E-state index contributed by atoms with van der Waals surface area (Å²) >= 11 is 0. The van der Waals surface area contributed by atoms with Crippen molar-refractivity contribution in [3.63, 3.8) is 0 Å². The SMILES string of the molecule is Cc1cc(N2CCN(C(=O)[C@@H]3COc4ccccc4C3)CC2)cc(C)n1. The largest absolute Gasteiger partial charge is 0.492 e. The van der Waals surface area contributed by atoms with Crippen molar-refractivity contribution >= 4 is 11.6 Å². The van der Waals surface area contributed by atoms with Gasteiger partial charge in [-0.05, 0) is 44.0 Å². The third-order valence-corrected chi connectivity index (χ3v) is 5.25. The summed E-state index contributed by atoms with van der Waals surface area (Å²) in [5.74, 6) is 1.08. The van der Waals surface area contributed by atoms with E-state index in [1.807, 2.05) is 36.9 Å². The fraction of sp³-hybridized carbons (Fsp3) is 0.429. The van der Waals surface area contributed by atoms with Crippen molar-refractivity contribution in [3.8, 4) is 5.75 Å². The van der Waals surface area contributed by atoms with Crippen LogP contribution >= 0.6 is 0 Å². The minimum absolute atomic E-state index is 0.0677. The summed E-state index contributed by atoms with van der Waals surface area (Å²) in [5, 5.41) is 0. The van der Waals surface area contributed by atoms with Gasteiger partial charge in [0.25, 0.3) is 0 Å². The minimum atomic E-state index is -0.0677. The zero-order valence-corrected chi connectivity index (χ0v) is 15.4. The fourth-order valence-electron chi connectivity index (χ4n) is 3.92. The molecule has 0 unspecified atom stereocenters. The quantitative estimate of drug-likeness (QED) is 0.834. The number of aryl methyl sites for hydroxylation is 2. The smallest absolute Gasteiger partial charge is 0.229 e. The highest BCUT2D eigenvalue weighted by Gasteiger charge is 2.31. The van der Waals surface area contributed by atoms with Gasteiger partial charge in [-0.1, -0.05) is 18.2 Å². The molecular weight excluding hydrogens is 326 g/mol. The van der Waals surface area contributed by atoms with Crippen LogP contribution in [0.5, 0.6) is 5.75 Å². The maximum Gasteiger partial charge on any atom is 0.229 e. The van der Waals surface area contributed by atoms with Crippen LogP contribution in [0.25, 0.3) is 0 Å². The van der Waals surface area contributed by atoms with Crippen molar-refractivity contribution < 1.29 is 9.53 Å². The lowest BCUT2D eigenvalue weighted by molar-refractivity contribution is -0.137. The molecule has 0 bridgehead atoms. The molecule has 1 amide bonds. The van der Waals surface area contributed by atoms with E-state index in [2.05, 4.69) is 28.1 Å². The van der Waals surface area contributed by atoms with Crippen LogP contribution in [0.1, 0.15) is 17.0 Å². The Kier molecular flexibility index (Phi) is 4.53. The molecule has 3 heterocycles. The fourth-order valence-corrected chi connectivity index (χ4v) is 3.92. The molecule has 2 aliphatic rings. The molecule has 1 fully saturated rings. The number of anilines is 1. The van der Waals surface area contributed by atoms with E-state index in [9.17, 15) is 4.79 Å². The van der Waals surface area contributed by atoms with Gasteiger partial charge in [-0.3, -0.25) is 9.78 Å². The second-order valence-corrected chi connectivity index (χ2v) is 7.24. The van der Waals surface area contributed by atoms with E-state index >= 15 is 0 Å². The first kappa shape index (κ1) is 16.9. The number of amides is 1. The van der Waals surface area contributed by atoms with Gasteiger partial charge in [-0.15, -0.1) is 0 Å². The second-order valence-electron chi connectivity index (χ2n) is 7.24. The van der Waals surface area contributed by atoms with Crippen LogP contribution in [-0.2, 0) is 11.2 Å². The van der Waals surface area contributed by atoms with Crippen LogP contribution < -0.4 is 9.64 Å². The molecular formula is C21H25N3O2. The van der Waals surface area contributed by atoms with Gasteiger partial charge in [0.2, 0.25) is 5.91 Å². The molecule has 0 saturated carbocycles. The topological polar surface area (TPSA) is 45.7 Å². The van der Waals surface area contributed by atoms with Gasteiger partial charge in [-0.2, -0.15) is 0 Å². The monoisotopic (exact) mass is 351 g/mol. The molecule has 0 N–H and O–H groups in total. The predicted octanol–water partition coefficient (Wildman–Crippen LogP) is 2.60. The van der Waals surface area contributed by atoms with E-state index in [1.54, 1.807) is 0 Å². The molecule has 4 rings (SSSR count). The number of pyridine rings is 1. The van der Waals surface area contributed by atoms with E-state index in [1.165, 1.54) is 5.69 Å². The van der Waals surface area contributed by atoms with E-state index in [0.717, 1.165) is 55.3 Å². The molecule has 0 aliphatic carbocycles. The highest BCUT2D eigenvalue weighted by molar-refractivity contribution is 5.80. The molecule has 2 aliphatic heterocycles. The molecule has 136 valence electrons. The molecule has 0 radical (unpaired) electrons. The second kappa shape index (κ2) is 6.98. The molecule has 26 heavy (non-hydrogen) atoms. The first-order valence-electron chi connectivity index (χ1n) is 9.30. The lowest BCUT2D eigenvalue weighted by atomic mass is 9.95. The summed E-state index contributed by atoms with van der Waals surface area (Å²) in [5.41, 5.74) is 4.42. The van der Waals surface area contributed by atoms with Gasteiger partial charge in [0.15, 0.2) is 0 Å². The molecule has 1 saturated heterocycles. The Hall–Kier alpha value is -2.56. The Bertz CT molecular complexity index is 792. The molecule has 1 aromatic heterocycles. The highest BCUT2D eigenvalue weighted by atomic mass is 16.5. The van der Waals surface area contributed by atoms with Crippen LogP contribution in [0.2, 0.25) is 0 Å². The summed E-state index contributed by atoms with van der Waals surface area (Å²) in [6.45, 7) is 7.78. The summed E-state index contributed by atoms with van der Waals surface area (Å²) < 4.78 is 5.80. The van der Waals surface area contributed by atoms with Crippen LogP contribution in [0.15, 0.2) is 36.4 Å². The van der Waals surface area contributed by atoms with Gasteiger partial charge in [0.1, 0.15) is 12.4 Å². The van der Waals surface area contributed by atoms with Crippen molar-refractivity contribution in [3.05, 3.63) is 53.3 Å². The average Bonchev–Trinajstić information content (AvgIpc) is 2.66. The number of carbonyl (C=O) groups excluding carboxylic acids is 1. The number of para-hydroxylation sites is 1. The highest BCUT2D eigenvalue weighted by Crippen LogP contribution is 2.28. The number of fused-ring (bicyclic) bond motifs is 1. The minimum Gasteiger partial charge on any atom is -0.492 e. The number of nitrogens with zero attached hydrogens (tertiary/aromatic N) is 3. The first-order chi connectivity index (χ1) is 12.6. The third kappa shape index (κ3) is 3.39. The van der Waals surface area contributed by atoms with Crippen molar-refractivity contribution in [1.29, 1.82) is 0 Å². The zero-order valence-electron chi connectivity index (χ0n) is 15.4. The van der Waals surface area contributed by atoms with Crippen LogP contribution in [0.3, 0.4) is 0 Å². The average molecular weight is 351 g/mol. The number of aromatic nitrogens is 1. The Balaban J connectivity index is 1.38. The third-order valence-electron chi connectivity index (χ3n) is 5.25. The van der Waals surface area contributed by atoms with E-state index in [-0.39, 0.29) is 11.8 Å². The van der Waals surface area contributed by atoms with Gasteiger partial charge in [0, 0.05) is 43.3 Å². The van der Waals surface area contributed by atoms with Crippen LogP contribution in [-0.4, -0.2) is 48.6 Å². The lowest BCUT2D eigenvalue weighted by Gasteiger charge is -2.38. The normalized spacial score (nSPS) is 19.7. The van der Waals surface area contributed by atoms with E-state index in [4.69, 9.17) is 4.74 Å². The summed E-state index contributed by atoms with van der Waals surface area (Å²) in [6.07, 6.45) is 0.776. The van der Waals surface area contributed by atoms with Crippen molar-refractivity contribution in [1.82, 2.24) is 9.88 Å². The van der Waals surface area contributed by atoms with E-state index in [0.29, 0.717) is 6.61 Å². The van der Waals surface area contributed by atoms with E-state index < -0.39 is 0 Å². The zero-order chi connectivity index (χ0) is 18.1. The van der Waals surface area contributed by atoms with Crippen LogP contribution in [0, 0.1) is 19.8 Å². The number of piperazine rings is 1. The Morgan fingerprint density at radius 1 is 1.08 bits per heavy atom. The van der Waals surface area contributed by atoms with Gasteiger partial charge >= 0.3 is 0 Å². The number of rotatable bonds is 2. The number of ether oxygens (including phenoxy) is 1. The number of hydrogen-bond acceptors (Lipinski definition) is 4. The van der Waals surface area contributed by atoms with Gasteiger partial charge < -0.3 is 14.5 Å². The number of carbonyl (C=O) groups is 1. The molecule has 0 spiro atoms. The predicted molar refractivity (Wildman–Crippen MR) is 102 cm³/mol. The summed E-state index contributed by atoms with van der Waals surface area (Å²) in [7, 11) is 0. The maximum atomic E-state index is 12.9. The lowest BCUT2D eigenvalue weighted by Crippen LogP contribution is -2.51. The number of hydrogen-bond donors (Lipinski definition) is 0. The van der Waals surface area contributed by atoms with Gasteiger partial charge in [0.05, 0.1) is 5.92 Å². The molecule has 2 aromatic rings. The van der Waals surface area contributed by atoms with Crippen molar-refractivity contribution in [2.75, 3.05) is 37.7 Å². The molecule has 1 atom stereocenters. The summed E-state index contributed by atoms with van der Waals surface area (Å²) in [6, 6.07) is 12.3. The van der Waals surface area contributed by atoms with Crippen molar-refractivity contribution in [2.45, 2.75) is 20.3 Å².